The summed E-state index contributed by atoms with van der Waals surface area (Å²) in [5.41, 5.74) is 2.10. The normalized spacial score (nSPS) is 13.0. The van der Waals surface area contributed by atoms with Crippen LogP contribution in [-0.4, -0.2) is 24.7 Å². The van der Waals surface area contributed by atoms with Crippen molar-refractivity contribution in [1.29, 1.82) is 0 Å². The summed E-state index contributed by atoms with van der Waals surface area (Å²) in [6.45, 7) is 0.158. The van der Waals surface area contributed by atoms with E-state index in [0.29, 0.717) is 35.0 Å². The maximum Gasteiger partial charge on any atom is 0.255 e. The van der Waals surface area contributed by atoms with Gasteiger partial charge in [0.1, 0.15) is 11.6 Å². The van der Waals surface area contributed by atoms with E-state index < -0.39 is 24.1 Å². The second kappa shape index (κ2) is 10.0. The van der Waals surface area contributed by atoms with Crippen molar-refractivity contribution >= 4 is 5.91 Å². The molecule has 172 valence electrons. The highest BCUT2D eigenvalue weighted by Crippen LogP contribution is 2.33. The molecule has 0 heterocycles. The first-order valence-electron chi connectivity index (χ1n) is 10.8. The summed E-state index contributed by atoms with van der Waals surface area (Å²) in [6.07, 6.45) is 2.21. The van der Waals surface area contributed by atoms with Gasteiger partial charge in [-0.3, -0.25) is 4.79 Å². The number of benzene rings is 3. The van der Waals surface area contributed by atoms with Gasteiger partial charge in [-0.05, 0) is 65.8 Å². The number of aliphatic hydroxyl groups is 1. The molecule has 1 fully saturated rings. The molecule has 3 aromatic rings. The molecular formula is C26H25F2NO4. The van der Waals surface area contributed by atoms with Gasteiger partial charge in [0.15, 0.2) is 11.6 Å². The molecule has 0 aliphatic heterocycles. The van der Waals surface area contributed by atoms with Crippen LogP contribution in [0.25, 0.3) is 11.1 Å². The van der Waals surface area contributed by atoms with Crippen molar-refractivity contribution < 1.29 is 28.2 Å². The Labute approximate surface area is 191 Å². The van der Waals surface area contributed by atoms with Crippen LogP contribution >= 0.6 is 0 Å². The van der Waals surface area contributed by atoms with Crippen LogP contribution in [0.1, 0.15) is 34.3 Å². The summed E-state index contributed by atoms with van der Waals surface area (Å²) in [5, 5.41) is 12.4. The molecule has 0 saturated heterocycles. The summed E-state index contributed by atoms with van der Waals surface area (Å²) in [5.74, 6) is -0.388. The van der Waals surface area contributed by atoms with E-state index in [-0.39, 0.29) is 23.4 Å². The Hall–Kier alpha value is -3.45. The Morgan fingerprint density at radius 3 is 2.55 bits per heavy atom. The smallest absolute Gasteiger partial charge is 0.255 e. The van der Waals surface area contributed by atoms with Crippen LogP contribution < -0.4 is 14.8 Å². The molecule has 1 saturated carbocycles. The number of halogens is 2. The highest BCUT2D eigenvalue weighted by atomic mass is 19.1. The second-order valence-electron chi connectivity index (χ2n) is 8.04. The Morgan fingerprint density at radius 1 is 1.06 bits per heavy atom. The summed E-state index contributed by atoms with van der Waals surface area (Å²) < 4.78 is 39.0. The van der Waals surface area contributed by atoms with E-state index in [4.69, 9.17) is 9.47 Å². The number of methoxy groups -OCH3 is 1. The number of hydrogen-bond acceptors (Lipinski definition) is 4. The van der Waals surface area contributed by atoms with Crippen LogP contribution in [0, 0.1) is 17.6 Å². The van der Waals surface area contributed by atoms with Crippen LogP contribution in [0.5, 0.6) is 11.5 Å². The molecule has 5 nitrogen and oxygen atoms in total. The van der Waals surface area contributed by atoms with Crippen molar-refractivity contribution in [2.75, 3.05) is 13.7 Å². The molecule has 0 bridgehead atoms. The van der Waals surface area contributed by atoms with Crippen LogP contribution in [-0.2, 0) is 13.2 Å². The maximum absolute atomic E-state index is 14.2. The van der Waals surface area contributed by atoms with E-state index in [2.05, 4.69) is 5.32 Å². The molecule has 0 spiro atoms. The van der Waals surface area contributed by atoms with Gasteiger partial charge < -0.3 is 19.9 Å². The molecule has 4 rings (SSSR count). The Kier molecular flexibility index (Phi) is 6.89. The van der Waals surface area contributed by atoms with E-state index in [1.165, 1.54) is 25.3 Å². The Morgan fingerprint density at radius 2 is 1.85 bits per heavy atom. The number of amides is 1. The largest absolute Gasteiger partial charge is 0.494 e. The second-order valence-corrected chi connectivity index (χ2v) is 8.04. The maximum atomic E-state index is 14.2. The minimum atomic E-state index is -0.517. The zero-order chi connectivity index (χ0) is 23.4. The van der Waals surface area contributed by atoms with Gasteiger partial charge in [-0.25, -0.2) is 8.78 Å². The Bertz CT molecular complexity index is 1160. The first-order valence-corrected chi connectivity index (χ1v) is 10.8. The third-order valence-corrected chi connectivity index (χ3v) is 5.65. The average molecular weight is 453 g/mol. The first-order chi connectivity index (χ1) is 16.0. The van der Waals surface area contributed by atoms with Gasteiger partial charge in [0.05, 0.1) is 25.9 Å². The minimum absolute atomic E-state index is 0.105. The lowest BCUT2D eigenvalue weighted by atomic mass is 9.97. The molecule has 3 aromatic carbocycles. The number of aliphatic hydroxyl groups excluding tert-OH is 1. The van der Waals surface area contributed by atoms with Crippen molar-refractivity contribution in [3.05, 3.63) is 82.9 Å². The minimum Gasteiger partial charge on any atom is -0.494 e. The Balaban J connectivity index is 1.61. The number of hydrogen-bond donors (Lipinski definition) is 2. The van der Waals surface area contributed by atoms with Crippen LogP contribution in [0.15, 0.2) is 54.6 Å². The highest BCUT2D eigenvalue weighted by molar-refractivity contribution is 5.98. The molecule has 0 aromatic heterocycles. The quantitative estimate of drug-likeness (QED) is 0.486. The van der Waals surface area contributed by atoms with E-state index in [0.717, 1.165) is 12.8 Å². The zero-order valence-corrected chi connectivity index (χ0v) is 18.2. The lowest BCUT2D eigenvalue weighted by Gasteiger charge is -2.15. The molecule has 0 atom stereocenters. The van der Waals surface area contributed by atoms with Gasteiger partial charge in [-0.1, -0.05) is 24.3 Å². The van der Waals surface area contributed by atoms with Gasteiger partial charge in [0.2, 0.25) is 0 Å². The molecule has 1 aliphatic carbocycles. The van der Waals surface area contributed by atoms with Crippen molar-refractivity contribution in [2.45, 2.75) is 26.0 Å². The van der Waals surface area contributed by atoms with Gasteiger partial charge in [0, 0.05) is 12.1 Å². The van der Waals surface area contributed by atoms with Crippen molar-refractivity contribution in [1.82, 2.24) is 5.32 Å². The van der Waals surface area contributed by atoms with Crippen molar-refractivity contribution in [2.24, 2.45) is 5.92 Å². The van der Waals surface area contributed by atoms with Gasteiger partial charge in [-0.15, -0.1) is 0 Å². The predicted molar refractivity (Wildman–Crippen MR) is 120 cm³/mol. The van der Waals surface area contributed by atoms with Gasteiger partial charge in [0.25, 0.3) is 5.91 Å². The number of carbonyl (C=O) groups is 1. The van der Waals surface area contributed by atoms with Crippen molar-refractivity contribution in [3.8, 4) is 22.6 Å². The molecule has 33 heavy (non-hydrogen) atoms. The van der Waals surface area contributed by atoms with E-state index in [9.17, 15) is 18.7 Å². The average Bonchev–Trinajstić information content (AvgIpc) is 3.65. The summed E-state index contributed by atoms with van der Waals surface area (Å²) in [6, 6.07) is 14.1. The predicted octanol–water partition coefficient (Wildman–Crippen LogP) is 4.85. The zero-order valence-electron chi connectivity index (χ0n) is 18.2. The van der Waals surface area contributed by atoms with Gasteiger partial charge >= 0.3 is 0 Å². The molecule has 7 heteroatoms. The van der Waals surface area contributed by atoms with Crippen LogP contribution in [0.3, 0.4) is 0 Å². The number of nitrogens with one attached hydrogen (secondary N) is 1. The molecule has 0 unspecified atom stereocenters. The summed E-state index contributed by atoms with van der Waals surface area (Å²) in [7, 11) is 1.39. The monoisotopic (exact) mass is 453 g/mol. The molecular weight excluding hydrogens is 428 g/mol. The third-order valence-electron chi connectivity index (χ3n) is 5.65. The fourth-order valence-electron chi connectivity index (χ4n) is 3.58. The fourth-order valence-corrected chi connectivity index (χ4v) is 3.58. The number of ether oxygens (including phenoxy) is 2. The first kappa shape index (κ1) is 22.7. The van der Waals surface area contributed by atoms with Gasteiger partial charge in [-0.2, -0.15) is 0 Å². The van der Waals surface area contributed by atoms with E-state index >= 15 is 0 Å². The lowest BCUT2D eigenvalue weighted by Crippen LogP contribution is -2.24. The third kappa shape index (κ3) is 5.31. The highest BCUT2D eigenvalue weighted by Gasteiger charge is 2.23. The molecule has 1 aliphatic rings. The summed E-state index contributed by atoms with van der Waals surface area (Å²) in [4.78, 5) is 13.1. The molecule has 0 radical (unpaired) electrons. The topological polar surface area (TPSA) is 67.8 Å². The van der Waals surface area contributed by atoms with Crippen LogP contribution in [0.4, 0.5) is 8.78 Å². The van der Waals surface area contributed by atoms with E-state index in [1.807, 2.05) is 0 Å². The van der Waals surface area contributed by atoms with Crippen molar-refractivity contribution in [3.63, 3.8) is 0 Å². The SMILES string of the molecule is COc1ccc(CNC(=O)c2cc(-c3cccc(F)c3CO)ccc2OCC2CC2)cc1F. The van der Waals surface area contributed by atoms with Crippen LogP contribution in [0.2, 0.25) is 0 Å². The number of rotatable bonds is 9. The molecule has 2 N–H and O–H groups in total. The molecule has 1 amide bonds. The summed E-state index contributed by atoms with van der Waals surface area (Å²) >= 11 is 0. The fraction of sp³-hybridized carbons (Fsp3) is 0.269. The lowest BCUT2D eigenvalue weighted by molar-refractivity contribution is 0.0946. The number of carbonyl (C=O) groups excluding carboxylic acids is 1. The standard InChI is InChI=1S/C26H25F2NO4/c1-32-25-9-7-17(11-23(25)28)13-29-26(31)20-12-18(8-10-24(20)33-15-16-5-6-16)19-3-2-4-22(27)21(19)14-30/h2-4,7-12,16,30H,5-6,13-15H2,1H3,(H,29,31). The van der Waals surface area contributed by atoms with E-state index in [1.54, 1.807) is 36.4 Å².